The van der Waals surface area contributed by atoms with E-state index in [0.29, 0.717) is 23.7 Å². The third-order valence-corrected chi connectivity index (χ3v) is 2.83. The van der Waals surface area contributed by atoms with E-state index < -0.39 is 0 Å². The van der Waals surface area contributed by atoms with Crippen molar-refractivity contribution in [1.29, 1.82) is 5.26 Å². The van der Waals surface area contributed by atoms with Crippen LogP contribution < -0.4 is 10.1 Å². The van der Waals surface area contributed by atoms with E-state index >= 15 is 0 Å². The summed E-state index contributed by atoms with van der Waals surface area (Å²) < 4.78 is 10.7. The van der Waals surface area contributed by atoms with Gasteiger partial charge in [0.15, 0.2) is 0 Å². The van der Waals surface area contributed by atoms with E-state index in [0.717, 1.165) is 17.1 Å². The first-order valence-electron chi connectivity index (χ1n) is 5.89. The molecule has 98 valence electrons. The maximum atomic E-state index is 8.84. The normalized spacial score (nSPS) is 10.0. The van der Waals surface area contributed by atoms with Crippen molar-refractivity contribution in [2.75, 3.05) is 12.4 Å². The molecule has 5 heteroatoms. The van der Waals surface area contributed by atoms with Gasteiger partial charge in [0.25, 0.3) is 0 Å². The van der Waals surface area contributed by atoms with Crippen LogP contribution in [0.1, 0.15) is 22.9 Å². The van der Waals surface area contributed by atoms with E-state index in [-0.39, 0.29) is 0 Å². The van der Waals surface area contributed by atoms with Crippen molar-refractivity contribution in [3.8, 4) is 11.8 Å². The van der Waals surface area contributed by atoms with Gasteiger partial charge < -0.3 is 14.5 Å². The van der Waals surface area contributed by atoms with Crippen LogP contribution in [-0.4, -0.2) is 12.1 Å². The third kappa shape index (κ3) is 2.86. The summed E-state index contributed by atoms with van der Waals surface area (Å²) in [5.74, 6) is 2.07. The summed E-state index contributed by atoms with van der Waals surface area (Å²) in [6.45, 7) is 4.26. The Balaban J connectivity index is 2.13. The second-order valence-electron chi connectivity index (χ2n) is 4.13. The van der Waals surface area contributed by atoms with Gasteiger partial charge in [-0.25, -0.2) is 4.98 Å². The molecule has 1 aromatic carbocycles. The third-order valence-electron chi connectivity index (χ3n) is 2.83. The number of hydrogen-bond acceptors (Lipinski definition) is 5. The Kier molecular flexibility index (Phi) is 3.71. The average molecular weight is 257 g/mol. The van der Waals surface area contributed by atoms with Crippen LogP contribution in [0.15, 0.2) is 22.6 Å². The highest BCUT2D eigenvalue weighted by atomic mass is 16.5. The van der Waals surface area contributed by atoms with Crippen LogP contribution in [0.4, 0.5) is 5.69 Å². The summed E-state index contributed by atoms with van der Waals surface area (Å²) in [5, 5.41) is 12.0. The zero-order valence-electron chi connectivity index (χ0n) is 11.2. The number of methoxy groups -OCH3 is 1. The minimum atomic E-state index is 0.469. The second kappa shape index (κ2) is 5.44. The number of aryl methyl sites for hydroxylation is 2. The van der Waals surface area contributed by atoms with Crippen LogP contribution in [0.25, 0.3) is 0 Å². The van der Waals surface area contributed by atoms with Crippen molar-refractivity contribution in [3.63, 3.8) is 0 Å². The van der Waals surface area contributed by atoms with E-state index in [2.05, 4.69) is 16.4 Å². The number of nitrogens with one attached hydrogen (secondary N) is 1. The van der Waals surface area contributed by atoms with E-state index in [1.807, 2.05) is 13.8 Å². The number of nitrogens with zero attached hydrogens (tertiary/aromatic N) is 2. The number of nitriles is 1. The molecule has 0 saturated carbocycles. The predicted octanol–water partition coefficient (Wildman–Crippen LogP) is 2.78. The Morgan fingerprint density at radius 3 is 2.79 bits per heavy atom. The Morgan fingerprint density at radius 2 is 2.21 bits per heavy atom. The minimum absolute atomic E-state index is 0.469. The highest BCUT2D eigenvalue weighted by Gasteiger charge is 2.08. The SMILES string of the molecule is COc1cc(C#N)ccc1NCc1nc(C)c(C)o1. The molecule has 0 atom stereocenters. The lowest BCUT2D eigenvalue weighted by atomic mass is 10.2. The molecular formula is C14H15N3O2. The first-order chi connectivity index (χ1) is 9.13. The highest BCUT2D eigenvalue weighted by Crippen LogP contribution is 2.25. The van der Waals surface area contributed by atoms with Gasteiger partial charge in [-0.1, -0.05) is 0 Å². The Bertz CT molecular complexity index is 607. The maximum Gasteiger partial charge on any atom is 0.213 e. The molecule has 1 aromatic heterocycles. The topological polar surface area (TPSA) is 71.1 Å². The van der Waals surface area contributed by atoms with Crippen LogP contribution >= 0.6 is 0 Å². The Hall–Kier alpha value is -2.48. The van der Waals surface area contributed by atoms with E-state index in [1.54, 1.807) is 25.3 Å². The molecule has 0 bridgehead atoms. The number of anilines is 1. The molecular weight excluding hydrogens is 242 g/mol. The number of benzene rings is 1. The average Bonchev–Trinajstić information content (AvgIpc) is 2.75. The summed E-state index contributed by atoms with van der Waals surface area (Å²) in [6.07, 6.45) is 0. The standard InChI is InChI=1S/C14H15N3O2/c1-9-10(2)19-14(17-9)8-16-12-5-4-11(7-15)6-13(12)18-3/h4-6,16H,8H2,1-3H3. The maximum absolute atomic E-state index is 8.84. The van der Waals surface area contributed by atoms with Gasteiger partial charge in [0.05, 0.1) is 36.7 Å². The van der Waals surface area contributed by atoms with Gasteiger partial charge in [0.1, 0.15) is 11.5 Å². The molecule has 0 aliphatic heterocycles. The van der Waals surface area contributed by atoms with E-state index in [1.165, 1.54) is 0 Å². The second-order valence-corrected chi connectivity index (χ2v) is 4.13. The zero-order valence-corrected chi connectivity index (χ0v) is 11.2. The van der Waals surface area contributed by atoms with Gasteiger partial charge >= 0.3 is 0 Å². The van der Waals surface area contributed by atoms with Gasteiger partial charge in [-0.15, -0.1) is 0 Å². The van der Waals surface area contributed by atoms with E-state index in [4.69, 9.17) is 14.4 Å². The fourth-order valence-electron chi connectivity index (χ4n) is 1.69. The summed E-state index contributed by atoms with van der Waals surface area (Å²) >= 11 is 0. The van der Waals surface area contributed by atoms with Gasteiger partial charge in [0, 0.05) is 6.07 Å². The molecule has 0 saturated heterocycles. The van der Waals surface area contributed by atoms with Crippen molar-refractivity contribution in [2.24, 2.45) is 0 Å². The van der Waals surface area contributed by atoms with Crippen molar-refractivity contribution < 1.29 is 9.15 Å². The zero-order chi connectivity index (χ0) is 13.8. The first-order valence-corrected chi connectivity index (χ1v) is 5.89. The molecule has 0 fully saturated rings. The summed E-state index contributed by atoms with van der Waals surface area (Å²) in [7, 11) is 1.57. The summed E-state index contributed by atoms with van der Waals surface area (Å²) in [6, 6.07) is 7.30. The molecule has 0 radical (unpaired) electrons. The molecule has 19 heavy (non-hydrogen) atoms. The van der Waals surface area contributed by atoms with Crippen molar-refractivity contribution in [1.82, 2.24) is 4.98 Å². The number of aromatic nitrogens is 1. The summed E-state index contributed by atoms with van der Waals surface area (Å²) in [5.41, 5.74) is 2.25. The van der Waals surface area contributed by atoms with Crippen molar-refractivity contribution >= 4 is 5.69 Å². The number of ether oxygens (including phenoxy) is 1. The van der Waals surface area contributed by atoms with Gasteiger partial charge in [-0.2, -0.15) is 5.26 Å². The lowest BCUT2D eigenvalue weighted by molar-refractivity contribution is 0.416. The molecule has 1 heterocycles. The van der Waals surface area contributed by atoms with Gasteiger partial charge in [-0.05, 0) is 26.0 Å². The molecule has 1 N–H and O–H groups in total. The largest absolute Gasteiger partial charge is 0.495 e. The van der Waals surface area contributed by atoms with Crippen LogP contribution in [-0.2, 0) is 6.54 Å². The van der Waals surface area contributed by atoms with Crippen LogP contribution in [0, 0.1) is 25.2 Å². The molecule has 2 aromatic rings. The molecule has 2 rings (SSSR count). The van der Waals surface area contributed by atoms with Gasteiger partial charge in [0.2, 0.25) is 5.89 Å². The predicted molar refractivity (Wildman–Crippen MR) is 71.0 cm³/mol. The Morgan fingerprint density at radius 1 is 1.42 bits per heavy atom. The number of rotatable bonds is 4. The quantitative estimate of drug-likeness (QED) is 0.911. The fourth-order valence-corrected chi connectivity index (χ4v) is 1.69. The number of hydrogen-bond donors (Lipinski definition) is 1. The first kappa shape index (κ1) is 13.0. The molecule has 0 aliphatic rings. The summed E-state index contributed by atoms with van der Waals surface area (Å²) in [4.78, 5) is 4.29. The highest BCUT2D eigenvalue weighted by molar-refractivity contribution is 5.59. The lowest BCUT2D eigenvalue weighted by Gasteiger charge is -2.09. The van der Waals surface area contributed by atoms with Crippen molar-refractivity contribution in [3.05, 3.63) is 41.1 Å². The van der Waals surface area contributed by atoms with Crippen molar-refractivity contribution in [2.45, 2.75) is 20.4 Å². The van der Waals surface area contributed by atoms with Crippen LogP contribution in [0.2, 0.25) is 0 Å². The molecule has 0 unspecified atom stereocenters. The molecule has 0 amide bonds. The molecule has 0 spiro atoms. The molecule has 0 aliphatic carbocycles. The van der Waals surface area contributed by atoms with Gasteiger partial charge in [-0.3, -0.25) is 0 Å². The monoisotopic (exact) mass is 257 g/mol. The van der Waals surface area contributed by atoms with Crippen LogP contribution in [0.3, 0.4) is 0 Å². The molecule has 5 nitrogen and oxygen atoms in total. The van der Waals surface area contributed by atoms with E-state index in [9.17, 15) is 0 Å². The lowest BCUT2D eigenvalue weighted by Crippen LogP contribution is -2.02. The smallest absolute Gasteiger partial charge is 0.213 e. The Labute approximate surface area is 111 Å². The van der Waals surface area contributed by atoms with Crippen LogP contribution in [0.5, 0.6) is 5.75 Å². The number of oxazole rings is 1. The minimum Gasteiger partial charge on any atom is -0.495 e. The fraction of sp³-hybridized carbons (Fsp3) is 0.286.